The van der Waals surface area contributed by atoms with Gasteiger partial charge >= 0.3 is 6.09 Å². The van der Waals surface area contributed by atoms with E-state index in [1.807, 2.05) is 6.07 Å². The summed E-state index contributed by atoms with van der Waals surface area (Å²) in [6, 6.07) is 3.38. The molecule has 2 fully saturated rings. The molecule has 2 aromatic rings. The number of aromatic nitrogens is 2. The van der Waals surface area contributed by atoms with Crippen LogP contribution in [0.1, 0.15) is 25.3 Å². The lowest BCUT2D eigenvalue weighted by molar-refractivity contribution is 0.122. The minimum Gasteiger partial charge on any atom is -0.465 e. The zero-order valence-electron chi connectivity index (χ0n) is 18.5. The predicted molar refractivity (Wildman–Crippen MR) is 120 cm³/mol. The Bertz CT molecular complexity index is 1100. The molecule has 180 valence electrons. The third-order valence-electron chi connectivity index (χ3n) is 5.85. The SMILES string of the molecule is C[C@H](NC(=O)O)[C@H](Nc1nc(Nc2ccnc(N3CCOCC3)c2F)c(C#N)cc1F)C1CC1. The first-order valence-corrected chi connectivity index (χ1v) is 11.0. The number of hydrogen-bond acceptors (Lipinski definition) is 8. The van der Waals surface area contributed by atoms with Gasteiger partial charge in [0.05, 0.1) is 30.5 Å². The summed E-state index contributed by atoms with van der Waals surface area (Å²) in [6.07, 6.45) is 2.00. The molecule has 2 aromatic heterocycles. The van der Waals surface area contributed by atoms with E-state index in [0.717, 1.165) is 18.9 Å². The molecule has 0 spiro atoms. The minimum absolute atomic E-state index is 0.0298. The number of hydrogen-bond donors (Lipinski definition) is 4. The fraction of sp³-hybridized carbons (Fsp3) is 0.455. The van der Waals surface area contributed by atoms with Crippen LogP contribution in [-0.4, -0.2) is 59.6 Å². The highest BCUT2D eigenvalue weighted by Gasteiger charge is 2.36. The molecule has 0 unspecified atom stereocenters. The zero-order chi connectivity index (χ0) is 24.2. The van der Waals surface area contributed by atoms with Crippen LogP contribution < -0.4 is 20.9 Å². The molecule has 0 aromatic carbocycles. The third-order valence-corrected chi connectivity index (χ3v) is 5.85. The average molecular weight is 473 g/mol. The van der Waals surface area contributed by atoms with Crippen molar-refractivity contribution in [2.45, 2.75) is 31.8 Å². The van der Waals surface area contributed by atoms with Gasteiger partial charge in [0.25, 0.3) is 0 Å². The van der Waals surface area contributed by atoms with E-state index in [1.54, 1.807) is 11.8 Å². The van der Waals surface area contributed by atoms with Crippen molar-refractivity contribution < 1.29 is 23.4 Å². The van der Waals surface area contributed by atoms with Gasteiger partial charge in [-0.25, -0.2) is 23.5 Å². The lowest BCUT2D eigenvalue weighted by atomic mass is 10.0. The number of ether oxygens (including phenoxy) is 1. The summed E-state index contributed by atoms with van der Waals surface area (Å²) in [5, 5.41) is 26.7. The molecule has 4 rings (SSSR count). The number of nitrogens with zero attached hydrogens (tertiary/aromatic N) is 4. The van der Waals surface area contributed by atoms with Gasteiger partial charge in [0.1, 0.15) is 6.07 Å². The van der Waals surface area contributed by atoms with Crippen molar-refractivity contribution in [2.75, 3.05) is 41.8 Å². The molecule has 1 aliphatic carbocycles. The standard InChI is InChI=1S/C22H25F2N7O3/c1-12(27-22(32)33)18(13-2-3-13)29-20-15(23)10-14(11-25)19(30-20)28-16-4-5-26-21(17(16)24)31-6-8-34-9-7-31/h4-5,10,12-13,18,27H,2-3,6-9H2,1H3,(H,32,33)(H2,26,28,29,30)/t12-,18-/m0/s1. The van der Waals surface area contributed by atoms with Crippen molar-refractivity contribution in [3.63, 3.8) is 0 Å². The van der Waals surface area contributed by atoms with Crippen molar-refractivity contribution >= 4 is 29.2 Å². The van der Waals surface area contributed by atoms with Crippen LogP contribution in [0.2, 0.25) is 0 Å². The molecule has 1 amide bonds. The van der Waals surface area contributed by atoms with E-state index in [2.05, 4.69) is 25.9 Å². The molecular weight excluding hydrogens is 448 g/mol. The summed E-state index contributed by atoms with van der Waals surface area (Å²) in [7, 11) is 0. The second-order valence-electron chi connectivity index (χ2n) is 8.29. The second kappa shape index (κ2) is 10.0. The summed E-state index contributed by atoms with van der Waals surface area (Å²) in [4.78, 5) is 21.2. The number of nitrogens with one attached hydrogen (secondary N) is 3. The molecule has 12 heteroatoms. The Hall–Kier alpha value is -3.72. The highest BCUT2D eigenvalue weighted by molar-refractivity contribution is 5.68. The number of carbonyl (C=O) groups is 1. The molecule has 0 radical (unpaired) electrons. The molecule has 0 bridgehead atoms. The van der Waals surface area contributed by atoms with Crippen LogP contribution in [0.4, 0.5) is 36.7 Å². The number of halogens is 2. The van der Waals surface area contributed by atoms with Gasteiger partial charge in [0.15, 0.2) is 29.1 Å². The average Bonchev–Trinajstić information content (AvgIpc) is 3.65. The summed E-state index contributed by atoms with van der Waals surface area (Å²) >= 11 is 0. The van der Waals surface area contributed by atoms with Crippen LogP contribution in [0.5, 0.6) is 0 Å². The summed E-state index contributed by atoms with van der Waals surface area (Å²) in [5.74, 6) is -1.26. The third kappa shape index (κ3) is 5.26. The van der Waals surface area contributed by atoms with Crippen molar-refractivity contribution in [1.29, 1.82) is 5.26 Å². The predicted octanol–water partition coefficient (Wildman–Crippen LogP) is 3.05. The molecule has 10 nitrogen and oxygen atoms in total. The highest BCUT2D eigenvalue weighted by atomic mass is 19.1. The number of morpholine rings is 1. The van der Waals surface area contributed by atoms with Crippen LogP contribution in [0.15, 0.2) is 18.3 Å². The maximum absolute atomic E-state index is 15.2. The molecule has 1 aliphatic heterocycles. The van der Waals surface area contributed by atoms with E-state index in [1.165, 1.54) is 12.3 Å². The van der Waals surface area contributed by atoms with Gasteiger partial charge in [-0.05, 0) is 37.8 Å². The minimum atomic E-state index is -1.18. The van der Waals surface area contributed by atoms with Crippen LogP contribution in [0.3, 0.4) is 0 Å². The Kier molecular flexibility index (Phi) is 6.93. The zero-order valence-corrected chi connectivity index (χ0v) is 18.5. The van der Waals surface area contributed by atoms with Crippen LogP contribution in [0, 0.1) is 28.9 Å². The Morgan fingerprint density at radius 3 is 2.71 bits per heavy atom. The molecule has 1 saturated heterocycles. The van der Waals surface area contributed by atoms with E-state index >= 15 is 4.39 Å². The molecule has 34 heavy (non-hydrogen) atoms. The van der Waals surface area contributed by atoms with E-state index in [9.17, 15) is 14.4 Å². The summed E-state index contributed by atoms with van der Waals surface area (Å²) in [5.41, 5.74) is -0.0652. The molecule has 1 saturated carbocycles. The first kappa shape index (κ1) is 23.4. The Labute approximate surface area is 194 Å². The lowest BCUT2D eigenvalue weighted by Gasteiger charge is -2.28. The molecule has 2 aliphatic rings. The first-order valence-electron chi connectivity index (χ1n) is 11.0. The van der Waals surface area contributed by atoms with Gasteiger partial charge in [-0.3, -0.25) is 0 Å². The monoisotopic (exact) mass is 473 g/mol. The number of nitriles is 1. The maximum atomic E-state index is 15.2. The Morgan fingerprint density at radius 2 is 2.06 bits per heavy atom. The van der Waals surface area contributed by atoms with Crippen molar-refractivity contribution in [3.05, 3.63) is 35.5 Å². The van der Waals surface area contributed by atoms with Gasteiger partial charge in [-0.2, -0.15) is 5.26 Å². The first-order chi connectivity index (χ1) is 16.4. The van der Waals surface area contributed by atoms with E-state index < -0.39 is 29.8 Å². The number of rotatable bonds is 8. The van der Waals surface area contributed by atoms with Gasteiger partial charge in [-0.1, -0.05) is 0 Å². The largest absolute Gasteiger partial charge is 0.465 e. The smallest absolute Gasteiger partial charge is 0.404 e. The lowest BCUT2D eigenvalue weighted by Crippen LogP contribution is -2.45. The normalized spacial score (nSPS) is 17.4. The molecule has 2 atom stereocenters. The van der Waals surface area contributed by atoms with Crippen LogP contribution in [-0.2, 0) is 4.74 Å². The maximum Gasteiger partial charge on any atom is 0.404 e. The number of pyridine rings is 2. The van der Waals surface area contributed by atoms with Crippen LogP contribution in [0.25, 0.3) is 0 Å². The van der Waals surface area contributed by atoms with Crippen molar-refractivity contribution in [1.82, 2.24) is 15.3 Å². The van der Waals surface area contributed by atoms with E-state index in [0.29, 0.717) is 26.3 Å². The summed E-state index contributed by atoms with van der Waals surface area (Å²) < 4.78 is 35.3. The van der Waals surface area contributed by atoms with E-state index in [-0.39, 0.29) is 34.6 Å². The fourth-order valence-corrected chi connectivity index (χ4v) is 3.97. The molecule has 4 N–H and O–H groups in total. The quantitative estimate of drug-likeness (QED) is 0.456. The van der Waals surface area contributed by atoms with Gasteiger partial charge in [0.2, 0.25) is 0 Å². The molecule has 3 heterocycles. The highest BCUT2D eigenvalue weighted by Crippen LogP contribution is 2.36. The Balaban J connectivity index is 1.61. The van der Waals surface area contributed by atoms with Crippen LogP contribution >= 0.6 is 0 Å². The second-order valence-corrected chi connectivity index (χ2v) is 8.29. The number of anilines is 4. The topological polar surface area (TPSA) is 135 Å². The van der Waals surface area contributed by atoms with Crippen molar-refractivity contribution in [3.8, 4) is 6.07 Å². The van der Waals surface area contributed by atoms with Crippen molar-refractivity contribution in [2.24, 2.45) is 5.92 Å². The van der Waals surface area contributed by atoms with Gasteiger partial charge in [-0.15, -0.1) is 0 Å². The number of amides is 1. The molecular formula is C22H25F2N7O3. The summed E-state index contributed by atoms with van der Waals surface area (Å²) in [6.45, 7) is 3.59. The van der Waals surface area contributed by atoms with Gasteiger partial charge < -0.3 is 30.7 Å². The van der Waals surface area contributed by atoms with Gasteiger partial charge in [0, 0.05) is 25.3 Å². The van der Waals surface area contributed by atoms with E-state index in [4.69, 9.17) is 9.84 Å². The Morgan fingerprint density at radius 1 is 1.32 bits per heavy atom. The fourth-order valence-electron chi connectivity index (χ4n) is 3.97. The number of carboxylic acid groups (broad SMARTS) is 1.